The summed E-state index contributed by atoms with van der Waals surface area (Å²) in [5, 5.41) is 3.56. The first kappa shape index (κ1) is 13.2. The summed E-state index contributed by atoms with van der Waals surface area (Å²) in [6, 6.07) is 7.43. The van der Waals surface area contributed by atoms with Crippen molar-refractivity contribution in [3.05, 3.63) is 34.9 Å². The van der Waals surface area contributed by atoms with E-state index in [1.54, 1.807) is 0 Å². The summed E-state index contributed by atoms with van der Waals surface area (Å²) in [5.74, 6) is 0.587. The predicted octanol–water partition coefficient (Wildman–Crippen LogP) is 3.80. The predicted molar refractivity (Wildman–Crippen MR) is 72.1 cm³/mol. The second kappa shape index (κ2) is 6.05. The van der Waals surface area contributed by atoms with E-state index in [0.717, 1.165) is 6.54 Å². The normalized spacial score (nSPS) is 14.8. The molecule has 0 bridgehead atoms. The Bertz CT molecular complexity index is 330. The first-order chi connectivity index (χ1) is 7.60. The Hall–Kier alpha value is -0.820. The smallest absolute Gasteiger partial charge is 0.0130 e. The maximum atomic E-state index is 3.56. The molecule has 1 aromatic carbocycles. The van der Waals surface area contributed by atoms with E-state index in [-0.39, 0.29) is 0 Å². The van der Waals surface area contributed by atoms with Gasteiger partial charge < -0.3 is 5.32 Å². The summed E-state index contributed by atoms with van der Waals surface area (Å²) < 4.78 is 0. The zero-order chi connectivity index (χ0) is 12.1. The summed E-state index contributed by atoms with van der Waals surface area (Å²) >= 11 is 0. The molecule has 1 nitrogen and oxygen atoms in total. The Kier molecular flexibility index (Phi) is 5.01. The number of rotatable bonds is 5. The van der Waals surface area contributed by atoms with E-state index < -0.39 is 0 Å². The third-order valence-corrected chi connectivity index (χ3v) is 3.57. The number of hydrogen-bond donors (Lipinski definition) is 1. The van der Waals surface area contributed by atoms with Crippen LogP contribution in [0.2, 0.25) is 0 Å². The average Bonchev–Trinajstić information content (AvgIpc) is 2.28. The van der Waals surface area contributed by atoms with Crippen LogP contribution in [-0.4, -0.2) is 12.6 Å². The summed E-state index contributed by atoms with van der Waals surface area (Å²) in [5.41, 5.74) is 4.24. The van der Waals surface area contributed by atoms with Gasteiger partial charge in [0.15, 0.2) is 0 Å². The zero-order valence-corrected chi connectivity index (χ0v) is 11.3. The van der Waals surface area contributed by atoms with E-state index in [9.17, 15) is 0 Å². The van der Waals surface area contributed by atoms with Crippen LogP contribution >= 0.6 is 0 Å². The topological polar surface area (TPSA) is 12.0 Å². The molecule has 0 radical (unpaired) electrons. The second-order valence-electron chi connectivity index (χ2n) is 4.70. The van der Waals surface area contributed by atoms with Crippen LogP contribution in [0.15, 0.2) is 18.2 Å². The van der Waals surface area contributed by atoms with E-state index in [4.69, 9.17) is 0 Å². The highest BCUT2D eigenvalue weighted by atomic mass is 14.9. The highest BCUT2D eigenvalue weighted by Crippen LogP contribution is 2.23. The quantitative estimate of drug-likeness (QED) is 0.794. The summed E-state index contributed by atoms with van der Waals surface area (Å²) in [6.45, 7) is 12.2. The lowest BCUT2D eigenvalue weighted by Gasteiger charge is -2.24. The Morgan fingerprint density at radius 2 is 1.81 bits per heavy atom. The largest absolute Gasteiger partial charge is 0.314 e. The van der Waals surface area contributed by atoms with Gasteiger partial charge in [-0.3, -0.25) is 0 Å². The van der Waals surface area contributed by atoms with Gasteiger partial charge >= 0.3 is 0 Å². The van der Waals surface area contributed by atoms with E-state index in [1.807, 2.05) is 0 Å². The molecule has 0 saturated carbocycles. The van der Waals surface area contributed by atoms with Crippen molar-refractivity contribution in [1.82, 2.24) is 5.32 Å². The fraction of sp³-hybridized carbons (Fsp3) is 0.600. The van der Waals surface area contributed by atoms with Gasteiger partial charge in [-0.05, 0) is 49.4 Å². The fourth-order valence-corrected chi connectivity index (χ4v) is 2.22. The van der Waals surface area contributed by atoms with Crippen LogP contribution in [0.25, 0.3) is 0 Å². The van der Waals surface area contributed by atoms with Gasteiger partial charge in [0, 0.05) is 6.04 Å². The van der Waals surface area contributed by atoms with Gasteiger partial charge in [-0.1, -0.05) is 39.0 Å². The van der Waals surface area contributed by atoms with E-state index in [2.05, 4.69) is 58.1 Å². The van der Waals surface area contributed by atoms with Crippen LogP contribution in [0.1, 0.15) is 49.8 Å². The van der Waals surface area contributed by atoms with E-state index in [1.165, 1.54) is 23.1 Å². The van der Waals surface area contributed by atoms with Gasteiger partial charge in [0.05, 0.1) is 0 Å². The van der Waals surface area contributed by atoms with E-state index in [0.29, 0.717) is 12.0 Å². The van der Waals surface area contributed by atoms with Crippen molar-refractivity contribution in [3.63, 3.8) is 0 Å². The van der Waals surface area contributed by atoms with Gasteiger partial charge in [0.1, 0.15) is 0 Å². The third-order valence-electron chi connectivity index (χ3n) is 3.57. The molecule has 1 aromatic rings. The molecular weight excluding hydrogens is 194 g/mol. The molecule has 0 aliphatic carbocycles. The lowest BCUT2D eigenvalue weighted by molar-refractivity contribution is 0.448. The van der Waals surface area contributed by atoms with Crippen molar-refractivity contribution in [1.29, 1.82) is 0 Å². The molecule has 2 atom stereocenters. The van der Waals surface area contributed by atoms with Crippen molar-refractivity contribution in [2.24, 2.45) is 0 Å². The van der Waals surface area contributed by atoms with Crippen molar-refractivity contribution < 1.29 is 0 Å². The molecule has 0 heterocycles. The number of benzene rings is 1. The molecule has 0 aliphatic heterocycles. The molecule has 0 amide bonds. The maximum Gasteiger partial charge on any atom is 0.0130 e. The number of hydrogen-bond acceptors (Lipinski definition) is 1. The monoisotopic (exact) mass is 219 g/mol. The second-order valence-corrected chi connectivity index (χ2v) is 4.70. The molecule has 0 aromatic heterocycles. The van der Waals surface area contributed by atoms with E-state index >= 15 is 0 Å². The van der Waals surface area contributed by atoms with Crippen LogP contribution in [0.3, 0.4) is 0 Å². The van der Waals surface area contributed by atoms with Crippen LogP contribution in [0.4, 0.5) is 0 Å². The average molecular weight is 219 g/mol. The molecule has 1 N–H and O–H groups in total. The summed E-state index contributed by atoms with van der Waals surface area (Å²) in [7, 11) is 0. The summed E-state index contributed by atoms with van der Waals surface area (Å²) in [6.07, 6.45) is 1.18. The van der Waals surface area contributed by atoms with Crippen molar-refractivity contribution in [3.8, 4) is 0 Å². The molecule has 1 rings (SSSR count). The first-order valence-corrected chi connectivity index (χ1v) is 6.40. The van der Waals surface area contributed by atoms with Gasteiger partial charge in [-0.25, -0.2) is 0 Å². The van der Waals surface area contributed by atoms with Crippen LogP contribution in [0, 0.1) is 13.8 Å². The number of nitrogens with one attached hydrogen (secondary N) is 1. The Balaban J connectivity index is 2.85. The Morgan fingerprint density at radius 3 is 2.31 bits per heavy atom. The van der Waals surface area contributed by atoms with Crippen LogP contribution in [-0.2, 0) is 0 Å². The van der Waals surface area contributed by atoms with Crippen molar-refractivity contribution >= 4 is 0 Å². The summed E-state index contributed by atoms with van der Waals surface area (Å²) in [4.78, 5) is 0. The minimum atomic E-state index is 0.587. The highest BCUT2D eigenvalue weighted by molar-refractivity contribution is 5.32. The van der Waals surface area contributed by atoms with Crippen molar-refractivity contribution in [2.45, 2.75) is 53.0 Å². The molecule has 90 valence electrons. The Morgan fingerprint density at radius 1 is 1.12 bits per heavy atom. The first-order valence-electron chi connectivity index (χ1n) is 6.40. The maximum absolute atomic E-state index is 3.56. The third kappa shape index (κ3) is 3.08. The zero-order valence-electron chi connectivity index (χ0n) is 11.3. The van der Waals surface area contributed by atoms with Crippen LogP contribution in [0.5, 0.6) is 0 Å². The molecule has 0 aliphatic rings. The highest BCUT2D eigenvalue weighted by Gasteiger charge is 2.16. The molecule has 0 spiro atoms. The Labute approximate surface area is 100 Å². The lowest BCUT2D eigenvalue weighted by Crippen LogP contribution is -2.33. The molecule has 0 fully saturated rings. The van der Waals surface area contributed by atoms with Gasteiger partial charge in [-0.2, -0.15) is 0 Å². The van der Waals surface area contributed by atoms with Crippen molar-refractivity contribution in [2.75, 3.05) is 6.54 Å². The molecule has 16 heavy (non-hydrogen) atoms. The molecular formula is C15H25N. The fourth-order valence-electron chi connectivity index (χ4n) is 2.22. The van der Waals surface area contributed by atoms with Crippen LogP contribution < -0.4 is 5.32 Å². The van der Waals surface area contributed by atoms with Gasteiger partial charge in [0.2, 0.25) is 0 Å². The lowest BCUT2D eigenvalue weighted by atomic mass is 9.90. The molecule has 1 heteroatoms. The standard InChI is InChI=1S/C15H25N/c1-6-15(16-7-2)13(5)14-9-8-11(3)12(4)10-14/h8-10,13,15-16H,6-7H2,1-5H3. The number of likely N-dealkylation sites (N-methyl/N-ethyl adjacent to an activating group) is 1. The van der Waals surface area contributed by atoms with Gasteiger partial charge in [-0.15, -0.1) is 0 Å². The minimum Gasteiger partial charge on any atom is -0.314 e. The molecule has 2 unspecified atom stereocenters. The molecule has 0 saturated heterocycles. The minimum absolute atomic E-state index is 0.587. The number of aryl methyl sites for hydroxylation is 2. The SMILES string of the molecule is CCNC(CC)C(C)c1ccc(C)c(C)c1. The van der Waals surface area contributed by atoms with Gasteiger partial charge in [0.25, 0.3) is 0 Å².